The lowest BCUT2D eigenvalue weighted by atomic mass is 10.3. The average Bonchev–Trinajstić information content (AvgIpc) is 2.04. The molecule has 0 aliphatic rings. The third-order valence-corrected chi connectivity index (χ3v) is 1.40. The standard InChI is InChI=1S/C8H7ClF2O/c9-4-5-12-8-6(10)2-1-3-7(8)11/h1-3H,4-5H2. The first-order chi connectivity index (χ1) is 5.75. The van der Waals surface area contributed by atoms with Gasteiger partial charge in [0.2, 0.25) is 0 Å². The molecule has 0 fully saturated rings. The molecular weight excluding hydrogens is 186 g/mol. The van der Waals surface area contributed by atoms with Crippen molar-refractivity contribution in [2.45, 2.75) is 0 Å². The minimum atomic E-state index is -0.708. The first kappa shape index (κ1) is 9.26. The molecule has 1 rings (SSSR count). The maximum atomic E-state index is 12.8. The van der Waals surface area contributed by atoms with Crippen molar-refractivity contribution in [2.75, 3.05) is 12.5 Å². The summed E-state index contributed by atoms with van der Waals surface area (Å²) in [6.07, 6.45) is 0. The van der Waals surface area contributed by atoms with Crippen LogP contribution in [-0.2, 0) is 0 Å². The minimum Gasteiger partial charge on any atom is -0.486 e. The minimum absolute atomic E-state index is 0.0966. The Morgan fingerprint density at radius 2 is 1.83 bits per heavy atom. The fourth-order valence-corrected chi connectivity index (χ4v) is 0.838. The number of benzene rings is 1. The number of rotatable bonds is 3. The van der Waals surface area contributed by atoms with Crippen LogP contribution < -0.4 is 4.74 Å². The highest BCUT2D eigenvalue weighted by molar-refractivity contribution is 6.17. The molecule has 0 saturated carbocycles. The van der Waals surface area contributed by atoms with Gasteiger partial charge in [-0.2, -0.15) is 0 Å². The number of para-hydroxylation sites is 1. The molecule has 66 valence electrons. The largest absolute Gasteiger partial charge is 0.486 e. The molecule has 0 heterocycles. The second-order valence-corrected chi connectivity index (χ2v) is 2.47. The summed E-state index contributed by atoms with van der Waals surface area (Å²) < 4.78 is 30.3. The molecule has 4 heteroatoms. The molecule has 0 bridgehead atoms. The molecule has 0 atom stereocenters. The monoisotopic (exact) mass is 192 g/mol. The molecular formula is C8H7ClF2O. The van der Waals surface area contributed by atoms with Gasteiger partial charge in [0.15, 0.2) is 17.4 Å². The van der Waals surface area contributed by atoms with Crippen LogP contribution in [0.25, 0.3) is 0 Å². The van der Waals surface area contributed by atoms with Gasteiger partial charge in [-0.25, -0.2) is 8.78 Å². The fraction of sp³-hybridized carbons (Fsp3) is 0.250. The summed E-state index contributed by atoms with van der Waals surface area (Å²) in [4.78, 5) is 0. The van der Waals surface area contributed by atoms with Crippen molar-refractivity contribution in [1.29, 1.82) is 0 Å². The lowest BCUT2D eigenvalue weighted by Gasteiger charge is -2.05. The maximum Gasteiger partial charge on any atom is 0.190 e. The van der Waals surface area contributed by atoms with Crippen molar-refractivity contribution < 1.29 is 13.5 Å². The molecule has 1 aromatic carbocycles. The topological polar surface area (TPSA) is 9.23 Å². The SMILES string of the molecule is Fc1cccc(F)c1OCCCl. The van der Waals surface area contributed by atoms with Gasteiger partial charge in [-0.3, -0.25) is 0 Å². The number of ether oxygens (including phenoxy) is 1. The van der Waals surface area contributed by atoms with Gasteiger partial charge in [0.05, 0.1) is 5.88 Å². The molecule has 0 aromatic heterocycles. The lowest BCUT2D eigenvalue weighted by molar-refractivity contribution is 0.305. The fourth-order valence-electron chi connectivity index (χ4n) is 0.761. The first-order valence-corrected chi connectivity index (χ1v) is 3.92. The van der Waals surface area contributed by atoms with E-state index in [0.717, 1.165) is 12.1 Å². The Labute approximate surface area is 73.9 Å². The number of hydrogen-bond donors (Lipinski definition) is 0. The second kappa shape index (κ2) is 4.26. The van der Waals surface area contributed by atoms with Crippen LogP contribution in [0.1, 0.15) is 0 Å². The van der Waals surface area contributed by atoms with Gasteiger partial charge in [0.25, 0.3) is 0 Å². The van der Waals surface area contributed by atoms with E-state index in [1.165, 1.54) is 6.07 Å². The normalized spacial score (nSPS) is 9.92. The zero-order chi connectivity index (χ0) is 8.97. The highest BCUT2D eigenvalue weighted by Crippen LogP contribution is 2.20. The average molecular weight is 193 g/mol. The summed E-state index contributed by atoms with van der Waals surface area (Å²) in [7, 11) is 0. The van der Waals surface area contributed by atoms with Crippen LogP contribution in [0.5, 0.6) is 5.75 Å². The number of alkyl halides is 1. The molecule has 1 aromatic rings. The quantitative estimate of drug-likeness (QED) is 0.669. The lowest BCUT2D eigenvalue weighted by Crippen LogP contribution is -2.01. The molecule has 0 amide bonds. The molecule has 0 saturated heterocycles. The van der Waals surface area contributed by atoms with Gasteiger partial charge in [-0.05, 0) is 12.1 Å². The summed E-state index contributed by atoms with van der Waals surface area (Å²) in [6.45, 7) is 0.0966. The van der Waals surface area contributed by atoms with Crippen LogP contribution in [0.2, 0.25) is 0 Å². The molecule has 0 N–H and O–H groups in total. The van der Waals surface area contributed by atoms with Gasteiger partial charge >= 0.3 is 0 Å². The van der Waals surface area contributed by atoms with Crippen LogP contribution >= 0.6 is 11.6 Å². The van der Waals surface area contributed by atoms with Crippen LogP contribution in [0.3, 0.4) is 0 Å². The van der Waals surface area contributed by atoms with Crippen molar-refractivity contribution in [1.82, 2.24) is 0 Å². The van der Waals surface area contributed by atoms with Crippen LogP contribution in [0, 0.1) is 11.6 Å². The molecule has 0 unspecified atom stereocenters. The van der Waals surface area contributed by atoms with Crippen molar-refractivity contribution in [3.63, 3.8) is 0 Å². The van der Waals surface area contributed by atoms with E-state index in [4.69, 9.17) is 16.3 Å². The summed E-state index contributed by atoms with van der Waals surface area (Å²) in [5.74, 6) is -1.58. The predicted molar refractivity (Wildman–Crippen MR) is 42.6 cm³/mol. The highest BCUT2D eigenvalue weighted by atomic mass is 35.5. The van der Waals surface area contributed by atoms with Gasteiger partial charge in [0, 0.05) is 0 Å². The van der Waals surface area contributed by atoms with Crippen molar-refractivity contribution in [3.05, 3.63) is 29.8 Å². The first-order valence-electron chi connectivity index (χ1n) is 3.38. The summed E-state index contributed by atoms with van der Waals surface area (Å²) in [5.41, 5.74) is 0. The number of hydrogen-bond acceptors (Lipinski definition) is 1. The molecule has 0 aliphatic carbocycles. The smallest absolute Gasteiger partial charge is 0.190 e. The van der Waals surface area contributed by atoms with E-state index >= 15 is 0 Å². The Morgan fingerprint density at radius 3 is 2.33 bits per heavy atom. The third kappa shape index (κ3) is 2.08. The van der Waals surface area contributed by atoms with E-state index in [9.17, 15) is 8.78 Å². The predicted octanol–water partition coefficient (Wildman–Crippen LogP) is 2.58. The summed E-state index contributed by atoms with van der Waals surface area (Å²) in [5, 5.41) is 0. The highest BCUT2D eigenvalue weighted by Gasteiger charge is 2.08. The zero-order valence-corrected chi connectivity index (χ0v) is 6.94. The number of halogens is 3. The Hall–Kier alpha value is -0.830. The van der Waals surface area contributed by atoms with Gasteiger partial charge in [-0.15, -0.1) is 11.6 Å². The third-order valence-electron chi connectivity index (χ3n) is 1.24. The molecule has 0 spiro atoms. The Kier molecular flexibility index (Phi) is 3.29. The van der Waals surface area contributed by atoms with Gasteiger partial charge in [-0.1, -0.05) is 6.07 Å². The Bertz CT molecular complexity index is 245. The van der Waals surface area contributed by atoms with E-state index in [1.54, 1.807) is 0 Å². The second-order valence-electron chi connectivity index (χ2n) is 2.09. The maximum absolute atomic E-state index is 12.8. The van der Waals surface area contributed by atoms with E-state index in [2.05, 4.69) is 0 Å². The van der Waals surface area contributed by atoms with E-state index in [0.29, 0.717) is 0 Å². The van der Waals surface area contributed by atoms with E-state index in [1.807, 2.05) is 0 Å². The molecule has 0 aliphatic heterocycles. The van der Waals surface area contributed by atoms with Crippen molar-refractivity contribution in [2.24, 2.45) is 0 Å². The van der Waals surface area contributed by atoms with Crippen molar-refractivity contribution >= 4 is 11.6 Å². The van der Waals surface area contributed by atoms with Crippen LogP contribution in [-0.4, -0.2) is 12.5 Å². The van der Waals surface area contributed by atoms with E-state index < -0.39 is 11.6 Å². The molecule has 12 heavy (non-hydrogen) atoms. The summed E-state index contributed by atoms with van der Waals surface area (Å²) >= 11 is 5.29. The molecule has 0 radical (unpaired) electrons. The Balaban J connectivity index is 2.81. The zero-order valence-electron chi connectivity index (χ0n) is 6.19. The van der Waals surface area contributed by atoms with Crippen LogP contribution in [0.15, 0.2) is 18.2 Å². The van der Waals surface area contributed by atoms with Crippen molar-refractivity contribution in [3.8, 4) is 5.75 Å². The molecule has 1 nitrogen and oxygen atoms in total. The van der Waals surface area contributed by atoms with Gasteiger partial charge in [0.1, 0.15) is 6.61 Å². The Morgan fingerprint density at radius 1 is 1.25 bits per heavy atom. The van der Waals surface area contributed by atoms with E-state index in [-0.39, 0.29) is 18.2 Å². The van der Waals surface area contributed by atoms with Gasteiger partial charge < -0.3 is 4.74 Å². The summed E-state index contributed by atoms with van der Waals surface area (Å²) in [6, 6.07) is 3.54. The van der Waals surface area contributed by atoms with Crippen LogP contribution in [0.4, 0.5) is 8.78 Å².